The number of benzene rings is 1. The molecule has 2 saturated heterocycles. The van der Waals surface area contributed by atoms with Crippen LogP contribution in [0.25, 0.3) is 0 Å². The average molecular weight is 381 g/mol. The molecule has 0 atom stereocenters. The van der Waals surface area contributed by atoms with Gasteiger partial charge >= 0.3 is 0 Å². The lowest BCUT2D eigenvalue weighted by molar-refractivity contribution is 0.0740. The number of ether oxygens (including phenoxy) is 1. The number of carbonyl (C=O) groups is 1. The highest BCUT2D eigenvalue weighted by molar-refractivity contribution is 5.93. The van der Waals surface area contributed by atoms with Crippen LogP contribution < -0.4 is 9.80 Å². The zero-order chi connectivity index (χ0) is 19.5. The van der Waals surface area contributed by atoms with Crippen LogP contribution in [0.3, 0.4) is 0 Å². The molecule has 7 heteroatoms. The third-order valence-corrected chi connectivity index (χ3v) is 5.48. The Hall–Kier alpha value is -2.67. The minimum atomic E-state index is -0.0162. The predicted molar refractivity (Wildman–Crippen MR) is 109 cm³/mol. The van der Waals surface area contributed by atoms with E-state index in [0.717, 1.165) is 32.0 Å². The van der Waals surface area contributed by atoms with E-state index in [2.05, 4.69) is 51.8 Å². The Labute approximate surface area is 165 Å². The molecular weight excluding hydrogens is 354 g/mol. The van der Waals surface area contributed by atoms with Crippen molar-refractivity contribution in [3.63, 3.8) is 0 Å². The number of hydrogen-bond donors (Lipinski definition) is 0. The molecule has 2 aromatic rings. The van der Waals surface area contributed by atoms with Crippen molar-refractivity contribution in [2.45, 2.75) is 13.8 Å². The lowest BCUT2D eigenvalue weighted by Crippen LogP contribution is -2.49. The largest absolute Gasteiger partial charge is 0.378 e. The highest BCUT2D eigenvalue weighted by atomic mass is 16.5. The maximum atomic E-state index is 13.0. The number of hydrogen-bond acceptors (Lipinski definition) is 6. The molecule has 0 spiro atoms. The minimum absolute atomic E-state index is 0.0162. The predicted octanol–water partition coefficient (Wildman–Crippen LogP) is 1.89. The van der Waals surface area contributed by atoms with Gasteiger partial charge in [0.15, 0.2) is 0 Å². The van der Waals surface area contributed by atoms with Gasteiger partial charge in [-0.3, -0.25) is 4.79 Å². The number of anilines is 2. The topological polar surface area (TPSA) is 61.8 Å². The highest BCUT2D eigenvalue weighted by Crippen LogP contribution is 2.23. The van der Waals surface area contributed by atoms with Crippen molar-refractivity contribution < 1.29 is 9.53 Å². The average Bonchev–Trinajstić information content (AvgIpc) is 2.76. The van der Waals surface area contributed by atoms with Gasteiger partial charge in [0, 0.05) is 51.0 Å². The van der Waals surface area contributed by atoms with Gasteiger partial charge in [-0.1, -0.05) is 12.1 Å². The number of morpholine rings is 1. The first-order valence-corrected chi connectivity index (χ1v) is 9.88. The number of rotatable bonds is 3. The summed E-state index contributed by atoms with van der Waals surface area (Å²) in [5, 5.41) is 0. The second kappa shape index (κ2) is 8.14. The second-order valence-electron chi connectivity index (χ2n) is 7.43. The standard InChI is InChI=1S/C21H27N5O2/c1-16-3-4-17(2)19(13-16)24-5-7-26(8-6-24)21(27)18-14-20(23-15-22-18)25-9-11-28-12-10-25/h3-4,13-15H,5-12H2,1-2H3. The Bertz CT molecular complexity index is 842. The molecule has 0 unspecified atom stereocenters. The molecule has 2 fully saturated rings. The highest BCUT2D eigenvalue weighted by Gasteiger charge is 2.25. The van der Waals surface area contributed by atoms with Crippen LogP contribution in [0.4, 0.5) is 11.5 Å². The van der Waals surface area contributed by atoms with Gasteiger partial charge in [-0.25, -0.2) is 9.97 Å². The summed E-state index contributed by atoms with van der Waals surface area (Å²) in [7, 11) is 0. The van der Waals surface area contributed by atoms with Crippen molar-refractivity contribution >= 4 is 17.4 Å². The fraction of sp³-hybridized carbons (Fsp3) is 0.476. The second-order valence-corrected chi connectivity index (χ2v) is 7.43. The zero-order valence-corrected chi connectivity index (χ0v) is 16.6. The Morgan fingerprint density at radius 2 is 1.68 bits per heavy atom. The molecule has 148 valence electrons. The summed E-state index contributed by atoms with van der Waals surface area (Å²) in [6.45, 7) is 10.3. The van der Waals surface area contributed by atoms with Gasteiger partial charge in [0.1, 0.15) is 17.8 Å². The molecule has 0 aliphatic carbocycles. The quantitative estimate of drug-likeness (QED) is 0.809. The molecule has 1 aromatic heterocycles. The van der Waals surface area contributed by atoms with Crippen molar-refractivity contribution in [1.82, 2.24) is 14.9 Å². The van der Waals surface area contributed by atoms with Gasteiger partial charge in [0.2, 0.25) is 0 Å². The van der Waals surface area contributed by atoms with E-state index in [0.29, 0.717) is 32.0 Å². The lowest BCUT2D eigenvalue weighted by atomic mass is 10.1. The smallest absolute Gasteiger partial charge is 0.272 e. The summed E-state index contributed by atoms with van der Waals surface area (Å²) in [4.78, 5) is 28.0. The van der Waals surface area contributed by atoms with E-state index in [1.807, 2.05) is 11.0 Å². The summed E-state index contributed by atoms with van der Waals surface area (Å²) >= 11 is 0. The van der Waals surface area contributed by atoms with Crippen LogP contribution in [0.5, 0.6) is 0 Å². The molecule has 7 nitrogen and oxygen atoms in total. The third-order valence-electron chi connectivity index (χ3n) is 5.48. The number of aromatic nitrogens is 2. The third kappa shape index (κ3) is 3.94. The van der Waals surface area contributed by atoms with Crippen LogP contribution >= 0.6 is 0 Å². The van der Waals surface area contributed by atoms with E-state index in [1.54, 1.807) is 0 Å². The Kier molecular flexibility index (Phi) is 5.43. The summed E-state index contributed by atoms with van der Waals surface area (Å²) in [5.74, 6) is 0.785. The molecule has 2 aliphatic rings. The Morgan fingerprint density at radius 1 is 0.929 bits per heavy atom. The van der Waals surface area contributed by atoms with E-state index in [4.69, 9.17) is 4.74 Å². The first-order valence-electron chi connectivity index (χ1n) is 9.88. The number of piperazine rings is 1. The number of nitrogens with zero attached hydrogens (tertiary/aromatic N) is 5. The molecule has 2 aliphatic heterocycles. The molecule has 3 heterocycles. The fourth-order valence-corrected chi connectivity index (χ4v) is 3.80. The number of aryl methyl sites for hydroxylation is 2. The molecule has 1 amide bonds. The minimum Gasteiger partial charge on any atom is -0.378 e. The Balaban J connectivity index is 1.42. The molecule has 0 N–H and O–H groups in total. The maximum Gasteiger partial charge on any atom is 0.272 e. The van der Waals surface area contributed by atoms with Crippen LogP contribution in [-0.2, 0) is 4.74 Å². The molecule has 0 radical (unpaired) electrons. The first-order chi connectivity index (χ1) is 13.6. The van der Waals surface area contributed by atoms with Crippen LogP contribution in [-0.4, -0.2) is 73.3 Å². The van der Waals surface area contributed by atoms with Crippen LogP contribution in [0.1, 0.15) is 21.6 Å². The van der Waals surface area contributed by atoms with Crippen molar-refractivity contribution in [1.29, 1.82) is 0 Å². The van der Waals surface area contributed by atoms with Crippen molar-refractivity contribution in [3.05, 3.63) is 47.4 Å². The summed E-state index contributed by atoms with van der Waals surface area (Å²) in [6.07, 6.45) is 1.49. The van der Waals surface area contributed by atoms with E-state index in [1.165, 1.54) is 23.1 Å². The molecule has 0 saturated carbocycles. The maximum absolute atomic E-state index is 13.0. The fourth-order valence-electron chi connectivity index (χ4n) is 3.80. The van der Waals surface area contributed by atoms with Gasteiger partial charge in [-0.2, -0.15) is 0 Å². The lowest BCUT2D eigenvalue weighted by Gasteiger charge is -2.37. The molecule has 28 heavy (non-hydrogen) atoms. The molecule has 0 bridgehead atoms. The summed E-state index contributed by atoms with van der Waals surface area (Å²) in [5.41, 5.74) is 4.27. The summed E-state index contributed by atoms with van der Waals surface area (Å²) in [6, 6.07) is 8.34. The van der Waals surface area contributed by atoms with Gasteiger partial charge in [-0.05, 0) is 31.0 Å². The van der Waals surface area contributed by atoms with Crippen LogP contribution in [0, 0.1) is 13.8 Å². The zero-order valence-electron chi connectivity index (χ0n) is 16.6. The van der Waals surface area contributed by atoms with Crippen molar-refractivity contribution in [2.75, 3.05) is 62.3 Å². The monoisotopic (exact) mass is 381 g/mol. The molecule has 4 rings (SSSR count). The Morgan fingerprint density at radius 3 is 2.43 bits per heavy atom. The van der Waals surface area contributed by atoms with Gasteiger partial charge < -0.3 is 19.4 Å². The van der Waals surface area contributed by atoms with E-state index in [9.17, 15) is 4.79 Å². The van der Waals surface area contributed by atoms with Gasteiger partial charge in [0.05, 0.1) is 13.2 Å². The van der Waals surface area contributed by atoms with Crippen molar-refractivity contribution in [3.8, 4) is 0 Å². The molecule has 1 aromatic carbocycles. The van der Waals surface area contributed by atoms with Crippen LogP contribution in [0.15, 0.2) is 30.6 Å². The first kappa shape index (κ1) is 18.7. The number of amides is 1. The number of carbonyl (C=O) groups excluding carboxylic acids is 1. The molecular formula is C21H27N5O2. The van der Waals surface area contributed by atoms with E-state index >= 15 is 0 Å². The SMILES string of the molecule is Cc1ccc(C)c(N2CCN(C(=O)c3cc(N4CCOCC4)ncn3)CC2)c1. The van der Waals surface area contributed by atoms with Gasteiger partial charge in [-0.15, -0.1) is 0 Å². The van der Waals surface area contributed by atoms with Crippen LogP contribution in [0.2, 0.25) is 0 Å². The summed E-state index contributed by atoms with van der Waals surface area (Å²) < 4.78 is 5.39. The van der Waals surface area contributed by atoms with Gasteiger partial charge in [0.25, 0.3) is 5.91 Å². The van der Waals surface area contributed by atoms with E-state index < -0.39 is 0 Å². The van der Waals surface area contributed by atoms with E-state index in [-0.39, 0.29) is 5.91 Å². The van der Waals surface area contributed by atoms with Crippen molar-refractivity contribution in [2.24, 2.45) is 0 Å². The normalized spacial score (nSPS) is 17.7.